The predicted molar refractivity (Wildman–Crippen MR) is 79.7 cm³/mol. The molecule has 2 aliphatic rings. The first kappa shape index (κ1) is 13.2. The van der Waals surface area contributed by atoms with Crippen LogP contribution in [0.1, 0.15) is 53.4 Å². The van der Waals surface area contributed by atoms with E-state index < -0.39 is 0 Å². The van der Waals surface area contributed by atoms with Gasteiger partial charge in [-0.05, 0) is 63.4 Å². The van der Waals surface area contributed by atoms with Crippen LogP contribution >= 0.6 is 11.3 Å². The van der Waals surface area contributed by atoms with E-state index in [-0.39, 0.29) is 5.91 Å². The van der Waals surface area contributed by atoms with Gasteiger partial charge in [0.15, 0.2) is 0 Å². The molecule has 0 saturated heterocycles. The highest BCUT2D eigenvalue weighted by atomic mass is 32.1. The minimum Gasteiger partial charge on any atom is -0.349 e. The van der Waals surface area contributed by atoms with E-state index in [1.807, 2.05) is 12.3 Å². The first-order chi connectivity index (χ1) is 9.06. The molecule has 3 rings (SSSR count). The highest BCUT2D eigenvalue weighted by Gasteiger charge is 2.42. The van der Waals surface area contributed by atoms with Crippen molar-refractivity contribution in [1.29, 1.82) is 0 Å². The van der Waals surface area contributed by atoms with Gasteiger partial charge in [-0.3, -0.25) is 4.79 Å². The van der Waals surface area contributed by atoms with Crippen molar-refractivity contribution >= 4 is 17.2 Å². The molecule has 1 N–H and O–H groups in total. The summed E-state index contributed by atoms with van der Waals surface area (Å²) in [7, 11) is 0. The summed E-state index contributed by atoms with van der Waals surface area (Å²) in [6, 6.07) is 0.322. The Morgan fingerprint density at radius 3 is 2.68 bits per heavy atom. The Labute approximate surface area is 119 Å². The molecule has 1 amide bonds. The third-order valence-corrected chi connectivity index (χ3v) is 6.34. The molecule has 104 valence electrons. The maximum atomic E-state index is 12.3. The molecule has 2 saturated carbocycles. The van der Waals surface area contributed by atoms with Gasteiger partial charge in [-0.2, -0.15) is 0 Å². The topological polar surface area (TPSA) is 29.1 Å². The number of aryl methyl sites for hydroxylation is 1. The summed E-state index contributed by atoms with van der Waals surface area (Å²) in [6.07, 6.45) is 5.53. The fraction of sp³-hybridized carbons (Fsp3) is 0.688. The maximum Gasteiger partial charge on any atom is 0.252 e. The molecule has 2 bridgehead atoms. The van der Waals surface area contributed by atoms with Crippen molar-refractivity contribution in [1.82, 2.24) is 5.32 Å². The smallest absolute Gasteiger partial charge is 0.252 e. The summed E-state index contributed by atoms with van der Waals surface area (Å²) in [6.45, 7) is 6.32. The molecular weight excluding hydrogens is 254 g/mol. The van der Waals surface area contributed by atoms with Crippen molar-refractivity contribution in [2.24, 2.45) is 17.8 Å². The summed E-state index contributed by atoms with van der Waals surface area (Å²) in [5, 5.41) is 5.24. The number of carbonyl (C=O) groups is 1. The maximum absolute atomic E-state index is 12.3. The molecule has 1 aromatic rings. The van der Waals surface area contributed by atoms with Gasteiger partial charge in [0.05, 0.1) is 5.56 Å². The zero-order valence-corrected chi connectivity index (χ0v) is 12.8. The Bertz CT molecular complexity index is 493. The van der Waals surface area contributed by atoms with Crippen LogP contribution in [-0.2, 0) is 0 Å². The number of amides is 1. The van der Waals surface area contributed by atoms with E-state index in [9.17, 15) is 4.79 Å². The van der Waals surface area contributed by atoms with E-state index >= 15 is 0 Å². The molecule has 2 aliphatic carbocycles. The Kier molecular flexibility index (Phi) is 3.42. The van der Waals surface area contributed by atoms with Crippen LogP contribution < -0.4 is 5.32 Å². The van der Waals surface area contributed by atoms with Crippen molar-refractivity contribution in [3.05, 3.63) is 21.4 Å². The van der Waals surface area contributed by atoms with Gasteiger partial charge >= 0.3 is 0 Å². The van der Waals surface area contributed by atoms with Gasteiger partial charge in [0.25, 0.3) is 5.91 Å². The number of nitrogens with one attached hydrogen (secondary N) is 1. The molecule has 2 nitrogen and oxygen atoms in total. The van der Waals surface area contributed by atoms with Crippen LogP contribution in [0.15, 0.2) is 5.38 Å². The normalized spacial score (nSPS) is 30.6. The second-order valence-corrected chi connectivity index (χ2v) is 7.52. The van der Waals surface area contributed by atoms with Crippen LogP contribution in [0, 0.1) is 31.6 Å². The van der Waals surface area contributed by atoms with Gasteiger partial charge in [-0.15, -0.1) is 11.3 Å². The zero-order valence-electron chi connectivity index (χ0n) is 12.0. The SMILES string of the molecule is Cc1scc(C(=O)NC(C)C2CC3CCC2C3)c1C. The number of fused-ring (bicyclic) bond motifs is 2. The van der Waals surface area contributed by atoms with Crippen molar-refractivity contribution in [3.63, 3.8) is 0 Å². The average molecular weight is 277 g/mol. The van der Waals surface area contributed by atoms with Crippen LogP contribution in [0.2, 0.25) is 0 Å². The molecule has 4 unspecified atom stereocenters. The molecule has 3 heteroatoms. The van der Waals surface area contributed by atoms with Crippen LogP contribution in [-0.4, -0.2) is 11.9 Å². The second kappa shape index (κ2) is 4.93. The molecule has 1 aromatic heterocycles. The third kappa shape index (κ3) is 2.33. The van der Waals surface area contributed by atoms with Gasteiger partial charge < -0.3 is 5.32 Å². The average Bonchev–Trinajstić information content (AvgIpc) is 3.06. The lowest BCUT2D eigenvalue weighted by Gasteiger charge is -2.28. The summed E-state index contributed by atoms with van der Waals surface area (Å²) < 4.78 is 0. The minimum atomic E-state index is 0.122. The molecular formula is C16H23NOS. The van der Waals surface area contributed by atoms with Gasteiger partial charge in [0.2, 0.25) is 0 Å². The largest absolute Gasteiger partial charge is 0.349 e. The summed E-state index contributed by atoms with van der Waals surface area (Å²) in [5.41, 5.74) is 2.01. The lowest BCUT2D eigenvalue weighted by molar-refractivity contribution is 0.0915. The molecule has 1 heterocycles. The number of carbonyl (C=O) groups excluding carboxylic acids is 1. The van der Waals surface area contributed by atoms with Crippen molar-refractivity contribution in [3.8, 4) is 0 Å². The molecule has 0 aliphatic heterocycles. The van der Waals surface area contributed by atoms with Gasteiger partial charge in [0, 0.05) is 16.3 Å². The van der Waals surface area contributed by atoms with E-state index in [4.69, 9.17) is 0 Å². The number of thiophene rings is 1. The van der Waals surface area contributed by atoms with E-state index in [1.165, 1.54) is 30.6 Å². The number of rotatable bonds is 3. The van der Waals surface area contributed by atoms with Gasteiger partial charge in [-0.1, -0.05) is 6.42 Å². The van der Waals surface area contributed by atoms with E-state index in [1.54, 1.807) is 11.3 Å². The van der Waals surface area contributed by atoms with E-state index in [0.29, 0.717) is 12.0 Å². The summed E-state index contributed by atoms with van der Waals surface area (Å²) in [4.78, 5) is 13.6. The Hall–Kier alpha value is -0.830. The van der Waals surface area contributed by atoms with Crippen molar-refractivity contribution < 1.29 is 4.79 Å². The standard InChI is InChI=1S/C16H23NOS/c1-9-11(3)19-8-15(9)16(18)17-10(2)14-7-12-4-5-13(14)6-12/h8,10,12-14H,4-7H2,1-3H3,(H,17,18). The van der Waals surface area contributed by atoms with Crippen molar-refractivity contribution in [2.45, 2.75) is 52.5 Å². The zero-order chi connectivity index (χ0) is 13.6. The summed E-state index contributed by atoms with van der Waals surface area (Å²) >= 11 is 1.67. The lowest BCUT2D eigenvalue weighted by Crippen LogP contribution is -2.40. The highest BCUT2D eigenvalue weighted by Crippen LogP contribution is 2.49. The van der Waals surface area contributed by atoms with Crippen LogP contribution in [0.25, 0.3) is 0 Å². The van der Waals surface area contributed by atoms with E-state index in [0.717, 1.165) is 23.0 Å². The van der Waals surface area contributed by atoms with Gasteiger partial charge in [-0.25, -0.2) is 0 Å². The van der Waals surface area contributed by atoms with Crippen LogP contribution in [0.4, 0.5) is 0 Å². The summed E-state index contributed by atoms with van der Waals surface area (Å²) in [5.74, 6) is 2.64. The lowest BCUT2D eigenvalue weighted by atomic mass is 9.84. The van der Waals surface area contributed by atoms with Gasteiger partial charge in [0.1, 0.15) is 0 Å². The molecule has 2 fully saturated rings. The fourth-order valence-electron chi connectivity index (χ4n) is 4.04. The minimum absolute atomic E-state index is 0.122. The molecule has 4 atom stereocenters. The third-order valence-electron chi connectivity index (χ3n) is 5.32. The monoisotopic (exact) mass is 277 g/mol. The van der Waals surface area contributed by atoms with E-state index in [2.05, 4.69) is 19.2 Å². The molecule has 0 spiro atoms. The number of hydrogen-bond acceptors (Lipinski definition) is 2. The Balaban J connectivity index is 1.65. The fourth-order valence-corrected chi connectivity index (χ4v) is 4.90. The van der Waals surface area contributed by atoms with Crippen LogP contribution in [0.3, 0.4) is 0 Å². The first-order valence-electron chi connectivity index (χ1n) is 7.41. The quantitative estimate of drug-likeness (QED) is 0.891. The molecule has 0 aromatic carbocycles. The van der Waals surface area contributed by atoms with Crippen molar-refractivity contribution in [2.75, 3.05) is 0 Å². The second-order valence-electron chi connectivity index (χ2n) is 6.43. The molecule has 0 radical (unpaired) electrons. The number of hydrogen-bond donors (Lipinski definition) is 1. The highest BCUT2D eigenvalue weighted by molar-refractivity contribution is 7.10. The Morgan fingerprint density at radius 1 is 1.37 bits per heavy atom. The first-order valence-corrected chi connectivity index (χ1v) is 8.29. The predicted octanol–water partition coefficient (Wildman–Crippen LogP) is 3.92. The molecule has 19 heavy (non-hydrogen) atoms. The Morgan fingerprint density at radius 2 is 2.16 bits per heavy atom. The van der Waals surface area contributed by atoms with Crippen LogP contribution in [0.5, 0.6) is 0 Å².